The summed E-state index contributed by atoms with van der Waals surface area (Å²) in [5.74, 6) is 0.0209. The number of carbonyl (C=O) groups excluding carboxylic acids is 1. The fraction of sp³-hybridized carbons (Fsp3) is 0.200. The van der Waals surface area contributed by atoms with Crippen LogP contribution in [0.25, 0.3) is 17.2 Å². The largest absolute Gasteiger partial charge is 0.293 e. The molecule has 1 amide bonds. The highest BCUT2D eigenvalue weighted by Crippen LogP contribution is 2.33. The zero-order valence-electron chi connectivity index (χ0n) is 13.8. The Morgan fingerprint density at radius 2 is 1.88 bits per heavy atom. The van der Waals surface area contributed by atoms with E-state index in [2.05, 4.69) is 43.3 Å². The predicted octanol–water partition coefficient (Wildman–Crippen LogP) is 5.27. The molecule has 4 heteroatoms. The van der Waals surface area contributed by atoms with Crippen LogP contribution >= 0.6 is 24.0 Å². The van der Waals surface area contributed by atoms with Gasteiger partial charge in [-0.1, -0.05) is 78.9 Å². The average molecular weight is 354 g/mol. The maximum Gasteiger partial charge on any atom is 0.266 e. The third-order valence-electron chi connectivity index (χ3n) is 3.89. The Labute approximate surface area is 152 Å². The van der Waals surface area contributed by atoms with Crippen molar-refractivity contribution in [2.45, 2.75) is 20.3 Å². The van der Waals surface area contributed by atoms with E-state index < -0.39 is 0 Å². The highest BCUT2D eigenvalue weighted by Gasteiger charge is 2.31. The number of hydrogen-bond acceptors (Lipinski definition) is 3. The Morgan fingerprint density at radius 3 is 2.58 bits per heavy atom. The van der Waals surface area contributed by atoms with Crippen LogP contribution in [0.3, 0.4) is 0 Å². The van der Waals surface area contributed by atoms with Gasteiger partial charge in [-0.25, -0.2) is 0 Å². The predicted molar refractivity (Wildman–Crippen MR) is 107 cm³/mol. The normalized spacial score (nSPS) is 16.2. The minimum absolute atomic E-state index is 0.0209. The first-order chi connectivity index (χ1) is 11.6. The van der Waals surface area contributed by atoms with Crippen LogP contribution in [0.4, 0.5) is 0 Å². The standard InChI is InChI=1S/C20H19NOS2/c1-3-11-21-19(22)18(24-20(21)23)13-15-5-4-6-17(12-15)16-9-7-14(2)8-10-16/h4-10,12-13H,3,11H2,1-2H3/b18-13-. The van der Waals surface area contributed by atoms with Crippen LogP contribution in [0.2, 0.25) is 0 Å². The van der Waals surface area contributed by atoms with Gasteiger partial charge in [-0.2, -0.15) is 0 Å². The lowest BCUT2D eigenvalue weighted by atomic mass is 10.0. The molecule has 2 nitrogen and oxygen atoms in total. The molecule has 24 heavy (non-hydrogen) atoms. The minimum Gasteiger partial charge on any atom is -0.293 e. The molecule has 122 valence electrons. The van der Waals surface area contributed by atoms with Gasteiger partial charge in [-0.05, 0) is 42.2 Å². The van der Waals surface area contributed by atoms with Gasteiger partial charge in [0.05, 0.1) is 4.91 Å². The number of hydrogen-bond donors (Lipinski definition) is 0. The van der Waals surface area contributed by atoms with Crippen molar-refractivity contribution in [3.63, 3.8) is 0 Å². The van der Waals surface area contributed by atoms with Crippen LogP contribution in [0.5, 0.6) is 0 Å². The zero-order valence-corrected chi connectivity index (χ0v) is 15.4. The number of thiocarbonyl (C=S) groups is 1. The van der Waals surface area contributed by atoms with Crippen LogP contribution in [0.1, 0.15) is 24.5 Å². The Balaban J connectivity index is 1.88. The quantitative estimate of drug-likeness (QED) is 0.551. The van der Waals surface area contributed by atoms with Crippen LogP contribution in [-0.4, -0.2) is 21.7 Å². The summed E-state index contributed by atoms with van der Waals surface area (Å²) < 4.78 is 0.655. The van der Waals surface area contributed by atoms with E-state index in [-0.39, 0.29) is 5.91 Å². The molecule has 0 bridgehead atoms. The summed E-state index contributed by atoms with van der Waals surface area (Å²) in [5.41, 5.74) is 4.58. The highest BCUT2D eigenvalue weighted by atomic mass is 32.2. The molecule has 1 aliphatic rings. The molecule has 1 saturated heterocycles. The SMILES string of the molecule is CCCN1C(=O)/C(=C/c2cccc(-c3ccc(C)cc3)c2)SC1=S. The molecule has 0 aromatic heterocycles. The van der Waals surface area contributed by atoms with Gasteiger partial charge in [0.1, 0.15) is 4.32 Å². The number of nitrogens with zero attached hydrogens (tertiary/aromatic N) is 1. The second-order valence-electron chi connectivity index (χ2n) is 5.82. The van der Waals surface area contributed by atoms with E-state index in [0.717, 1.165) is 17.5 Å². The van der Waals surface area contributed by atoms with E-state index in [1.54, 1.807) is 4.90 Å². The summed E-state index contributed by atoms with van der Waals surface area (Å²) in [5, 5.41) is 0. The zero-order chi connectivity index (χ0) is 17.1. The van der Waals surface area contributed by atoms with Gasteiger partial charge in [-0.3, -0.25) is 9.69 Å². The van der Waals surface area contributed by atoms with E-state index in [4.69, 9.17) is 12.2 Å². The molecule has 0 atom stereocenters. The van der Waals surface area contributed by atoms with Crippen LogP contribution in [0.15, 0.2) is 53.4 Å². The van der Waals surface area contributed by atoms with Gasteiger partial charge in [0.15, 0.2) is 0 Å². The van der Waals surface area contributed by atoms with Gasteiger partial charge < -0.3 is 0 Å². The van der Waals surface area contributed by atoms with Crippen molar-refractivity contribution in [1.82, 2.24) is 4.90 Å². The monoisotopic (exact) mass is 353 g/mol. The van der Waals surface area contributed by atoms with Crippen molar-refractivity contribution < 1.29 is 4.79 Å². The van der Waals surface area contributed by atoms with Crippen LogP contribution in [0, 0.1) is 6.92 Å². The van der Waals surface area contributed by atoms with Gasteiger partial charge in [0, 0.05) is 6.54 Å². The molecule has 0 saturated carbocycles. The third kappa shape index (κ3) is 3.60. The molecular weight excluding hydrogens is 334 g/mol. The van der Waals surface area contributed by atoms with Gasteiger partial charge in [0.2, 0.25) is 0 Å². The Hall–Kier alpha value is -1.91. The van der Waals surface area contributed by atoms with Gasteiger partial charge >= 0.3 is 0 Å². The molecular formula is C20H19NOS2. The molecule has 1 aliphatic heterocycles. The van der Waals surface area contributed by atoms with Crippen molar-refractivity contribution >= 4 is 40.3 Å². The fourth-order valence-corrected chi connectivity index (χ4v) is 3.93. The Kier molecular flexibility index (Phi) is 5.17. The van der Waals surface area contributed by atoms with E-state index in [9.17, 15) is 4.79 Å². The van der Waals surface area contributed by atoms with Crippen molar-refractivity contribution in [3.05, 3.63) is 64.6 Å². The van der Waals surface area contributed by atoms with Crippen molar-refractivity contribution in [2.24, 2.45) is 0 Å². The number of benzene rings is 2. The Morgan fingerprint density at radius 1 is 1.12 bits per heavy atom. The molecule has 3 rings (SSSR count). The van der Waals surface area contributed by atoms with E-state index in [0.29, 0.717) is 15.8 Å². The first-order valence-electron chi connectivity index (χ1n) is 8.01. The topological polar surface area (TPSA) is 20.3 Å². The maximum atomic E-state index is 12.5. The first-order valence-corrected chi connectivity index (χ1v) is 9.23. The molecule has 0 aliphatic carbocycles. The molecule has 0 radical (unpaired) electrons. The summed E-state index contributed by atoms with van der Waals surface area (Å²) in [4.78, 5) is 14.8. The van der Waals surface area contributed by atoms with Crippen molar-refractivity contribution in [2.75, 3.05) is 6.54 Å². The number of amides is 1. The van der Waals surface area contributed by atoms with Gasteiger partial charge in [0.25, 0.3) is 5.91 Å². The number of carbonyl (C=O) groups is 1. The maximum absolute atomic E-state index is 12.5. The summed E-state index contributed by atoms with van der Waals surface area (Å²) in [6, 6.07) is 16.7. The molecule has 1 fully saturated rings. The second kappa shape index (κ2) is 7.32. The smallest absolute Gasteiger partial charge is 0.266 e. The minimum atomic E-state index is 0.0209. The van der Waals surface area contributed by atoms with Crippen LogP contribution in [-0.2, 0) is 4.79 Å². The molecule has 2 aromatic carbocycles. The molecule has 2 aromatic rings. The lowest BCUT2D eigenvalue weighted by Gasteiger charge is -2.11. The second-order valence-corrected chi connectivity index (χ2v) is 7.50. The Bertz CT molecular complexity index is 809. The molecule has 1 heterocycles. The van der Waals surface area contributed by atoms with E-state index in [1.807, 2.05) is 25.1 Å². The van der Waals surface area contributed by atoms with Crippen LogP contribution < -0.4 is 0 Å². The lowest BCUT2D eigenvalue weighted by Crippen LogP contribution is -2.28. The highest BCUT2D eigenvalue weighted by molar-refractivity contribution is 8.26. The summed E-state index contributed by atoms with van der Waals surface area (Å²) >= 11 is 6.71. The fourth-order valence-electron chi connectivity index (χ4n) is 2.62. The summed E-state index contributed by atoms with van der Waals surface area (Å²) in [6.07, 6.45) is 2.84. The average Bonchev–Trinajstić information content (AvgIpc) is 2.84. The van der Waals surface area contributed by atoms with E-state index >= 15 is 0 Å². The molecule has 0 unspecified atom stereocenters. The first kappa shape index (κ1) is 16.9. The number of aryl methyl sites for hydroxylation is 1. The number of rotatable bonds is 4. The summed E-state index contributed by atoms with van der Waals surface area (Å²) in [6.45, 7) is 4.82. The van der Waals surface area contributed by atoms with Crippen molar-refractivity contribution in [1.29, 1.82) is 0 Å². The molecule has 0 N–H and O–H groups in total. The lowest BCUT2D eigenvalue weighted by molar-refractivity contribution is -0.122. The van der Waals surface area contributed by atoms with Crippen molar-refractivity contribution in [3.8, 4) is 11.1 Å². The van der Waals surface area contributed by atoms with E-state index in [1.165, 1.54) is 22.9 Å². The molecule has 0 spiro atoms. The summed E-state index contributed by atoms with van der Waals surface area (Å²) in [7, 11) is 0. The third-order valence-corrected chi connectivity index (χ3v) is 5.27. The number of thioether (sulfide) groups is 1. The van der Waals surface area contributed by atoms with Gasteiger partial charge in [-0.15, -0.1) is 0 Å².